The minimum atomic E-state index is -0.0326. The van der Waals surface area contributed by atoms with Gasteiger partial charge in [-0.2, -0.15) is 0 Å². The second-order valence-corrected chi connectivity index (χ2v) is 4.45. The van der Waals surface area contributed by atoms with Crippen molar-refractivity contribution >= 4 is 12.9 Å². The first-order valence-corrected chi connectivity index (χ1v) is 5.84. The van der Waals surface area contributed by atoms with Crippen molar-refractivity contribution in [1.82, 2.24) is 0 Å². The van der Waals surface area contributed by atoms with Crippen molar-refractivity contribution in [3.05, 3.63) is 41.5 Å². The van der Waals surface area contributed by atoms with Crippen molar-refractivity contribution in [3.63, 3.8) is 0 Å². The third-order valence-corrected chi connectivity index (χ3v) is 2.96. The van der Waals surface area contributed by atoms with E-state index in [9.17, 15) is 10.2 Å². The second kappa shape index (κ2) is 4.82. The van der Waals surface area contributed by atoms with Gasteiger partial charge >= 0.3 is 0 Å². The SMILES string of the molecule is Cc1ccc(-c2cc(C)cc(OS)c2O)c(O)c1. The smallest absolute Gasteiger partial charge is 0.179 e. The summed E-state index contributed by atoms with van der Waals surface area (Å²) in [6.45, 7) is 3.77. The number of phenols is 2. The van der Waals surface area contributed by atoms with Crippen molar-refractivity contribution in [2.24, 2.45) is 0 Å². The van der Waals surface area contributed by atoms with Crippen LogP contribution in [0.3, 0.4) is 0 Å². The molecule has 2 aromatic rings. The third-order valence-electron chi connectivity index (χ3n) is 2.76. The molecule has 2 N–H and O–H groups in total. The molecule has 0 fully saturated rings. The molecule has 0 aliphatic carbocycles. The molecule has 0 saturated carbocycles. The lowest BCUT2D eigenvalue weighted by atomic mass is 9.99. The van der Waals surface area contributed by atoms with Crippen molar-refractivity contribution in [1.29, 1.82) is 0 Å². The molecule has 0 heterocycles. The van der Waals surface area contributed by atoms with Crippen LogP contribution >= 0.6 is 12.9 Å². The van der Waals surface area contributed by atoms with Crippen LogP contribution in [0.1, 0.15) is 11.1 Å². The Labute approximate surface area is 111 Å². The summed E-state index contributed by atoms with van der Waals surface area (Å²) < 4.78 is 4.81. The number of hydrogen-bond acceptors (Lipinski definition) is 4. The van der Waals surface area contributed by atoms with E-state index >= 15 is 0 Å². The van der Waals surface area contributed by atoms with E-state index in [0.717, 1.165) is 11.1 Å². The quantitative estimate of drug-likeness (QED) is 0.572. The van der Waals surface area contributed by atoms with Gasteiger partial charge in [-0.25, -0.2) is 0 Å². The first-order valence-electron chi connectivity index (χ1n) is 5.48. The van der Waals surface area contributed by atoms with E-state index in [1.54, 1.807) is 24.3 Å². The molecule has 3 nitrogen and oxygen atoms in total. The first kappa shape index (κ1) is 12.6. The number of benzene rings is 2. The summed E-state index contributed by atoms with van der Waals surface area (Å²) in [5.41, 5.74) is 2.95. The van der Waals surface area contributed by atoms with E-state index in [1.165, 1.54) is 0 Å². The van der Waals surface area contributed by atoms with E-state index in [-0.39, 0.29) is 17.2 Å². The summed E-state index contributed by atoms with van der Waals surface area (Å²) in [5, 5.41) is 20.0. The summed E-state index contributed by atoms with van der Waals surface area (Å²) >= 11 is 3.71. The monoisotopic (exact) mass is 262 g/mol. The standard InChI is InChI=1S/C14H14O3S/c1-8-3-4-10(12(15)6-8)11-5-9(2)7-13(17-18)14(11)16/h3-7,15-16,18H,1-2H3. The Morgan fingerprint density at radius 3 is 2.28 bits per heavy atom. The highest BCUT2D eigenvalue weighted by Gasteiger charge is 2.14. The number of thiol groups is 1. The molecule has 0 aromatic heterocycles. The maximum absolute atomic E-state index is 10.1. The molecule has 18 heavy (non-hydrogen) atoms. The van der Waals surface area contributed by atoms with Crippen LogP contribution in [0.25, 0.3) is 11.1 Å². The van der Waals surface area contributed by atoms with Crippen LogP contribution in [0, 0.1) is 13.8 Å². The van der Waals surface area contributed by atoms with E-state index in [0.29, 0.717) is 11.1 Å². The van der Waals surface area contributed by atoms with Gasteiger partial charge in [0.25, 0.3) is 0 Å². The van der Waals surface area contributed by atoms with Crippen LogP contribution in [-0.2, 0) is 0 Å². The molecule has 0 aliphatic heterocycles. The fourth-order valence-corrected chi connectivity index (χ4v) is 2.03. The Hall–Kier alpha value is -1.81. The summed E-state index contributed by atoms with van der Waals surface area (Å²) in [6.07, 6.45) is 0. The molecule has 0 bridgehead atoms. The van der Waals surface area contributed by atoms with E-state index in [2.05, 4.69) is 12.9 Å². The lowest BCUT2D eigenvalue weighted by Crippen LogP contribution is -1.87. The normalized spacial score (nSPS) is 10.4. The predicted octanol–water partition coefficient (Wildman–Crippen LogP) is 3.61. The van der Waals surface area contributed by atoms with E-state index in [4.69, 9.17) is 4.18 Å². The van der Waals surface area contributed by atoms with Gasteiger partial charge in [-0.05, 0) is 43.2 Å². The van der Waals surface area contributed by atoms with Crippen LogP contribution < -0.4 is 4.18 Å². The summed E-state index contributed by atoms with van der Waals surface area (Å²) in [7, 11) is 0. The van der Waals surface area contributed by atoms with Gasteiger partial charge in [-0.1, -0.05) is 12.1 Å². The molecule has 2 rings (SSSR count). The number of aromatic hydroxyl groups is 2. The molecule has 4 heteroatoms. The summed E-state index contributed by atoms with van der Waals surface area (Å²) in [6, 6.07) is 8.75. The number of rotatable bonds is 2. The zero-order chi connectivity index (χ0) is 13.3. The van der Waals surface area contributed by atoms with Crippen LogP contribution in [-0.4, -0.2) is 10.2 Å². The van der Waals surface area contributed by atoms with Gasteiger partial charge in [-0.3, -0.25) is 0 Å². The van der Waals surface area contributed by atoms with Crippen LogP contribution in [0.5, 0.6) is 17.2 Å². The van der Waals surface area contributed by atoms with Crippen LogP contribution in [0.2, 0.25) is 0 Å². The molecule has 0 spiro atoms. The third kappa shape index (κ3) is 2.24. The molecule has 2 aromatic carbocycles. The fraction of sp³-hybridized carbons (Fsp3) is 0.143. The van der Waals surface area contributed by atoms with E-state index < -0.39 is 0 Å². The van der Waals surface area contributed by atoms with Gasteiger partial charge in [-0.15, -0.1) is 0 Å². The van der Waals surface area contributed by atoms with Crippen molar-refractivity contribution in [2.45, 2.75) is 13.8 Å². The Kier molecular flexibility index (Phi) is 3.39. The molecule has 0 aliphatic rings. The highest BCUT2D eigenvalue weighted by molar-refractivity contribution is 7.75. The van der Waals surface area contributed by atoms with Gasteiger partial charge in [0.05, 0.1) is 0 Å². The topological polar surface area (TPSA) is 49.7 Å². The Morgan fingerprint density at radius 1 is 0.944 bits per heavy atom. The van der Waals surface area contributed by atoms with E-state index in [1.807, 2.05) is 19.9 Å². The van der Waals surface area contributed by atoms with Gasteiger partial charge < -0.3 is 14.4 Å². The molecule has 0 atom stereocenters. The van der Waals surface area contributed by atoms with Gasteiger partial charge in [0, 0.05) is 24.0 Å². The number of hydrogen-bond donors (Lipinski definition) is 3. The molecule has 94 valence electrons. The minimum Gasteiger partial charge on any atom is -0.507 e. The highest BCUT2D eigenvalue weighted by Crippen LogP contribution is 2.42. The maximum atomic E-state index is 10.1. The average Bonchev–Trinajstić information content (AvgIpc) is 2.32. The number of aryl methyl sites for hydroxylation is 2. The molecule has 0 unspecified atom stereocenters. The van der Waals surface area contributed by atoms with Gasteiger partial charge in [0.15, 0.2) is 11.5 Å². The lowest BCUT2D eigenvalue weighted by molar-refractivity contribution is 0.451. The second-order valence-electron chi connectivity index (χ2n) is 4.27. The summed E-state index contributed by atoms with van der Waals surface area (Å²) in [5.74, 6) is 0.365. The molecule has 0 saturated heterocycles. The van der Waals surface area contributed by atoms with Gasteiger partial charge in [0.1, 0.15) is 5.75 Å². The Bertz CT molecular complexity index is 594. The van der Waals surface area contributed by atoms with Crippen LogP contribution in [0.4, 0.5) is 0 Å². The van der Waals surface area contributed by atoms with Crippen molar-refractivity contribution in [3.8, 4) is 28.4 Å². The minimum absolute atomic E-state index is 0.0326. The zero-order valence-corrected chi connectivity index (χ0v) is 11.0. The zero-order valence-electron chi connectivity index (χ0n) is 10.1. The summed E-state index contributed by atoms with van der Waals surface area (Å²) in [4.78, 5) is 0. The average molecular weight is 262 g/mol. The van der Waals surface area contributed by atoms with Gasteiger partial charge in [0.2, 0.25) is 0 Å². The largest absolute Gasteiger partial charge is 0.507 e. The van der Waals surface area contributed by atoms with Crippen molar-refractivity contribution in [2.75, 3.05) is 0 Å². The number of phenolic OH excluding ortho intramolecular Hbond substituents is 2. The Balaban J connectivity index is 2.67. The molecule has 0 radical (unpaired) electrons. The molecular formula is C14H14O3S. The maximum Gasteiger partial charge on any atom is 0.179 e. The predicted molar refractivity (Wildman–Crippen MR) is 74.3 cm³/mol. The Morgan fingerprint density at radius 2 is 1.67 bits per heavy atom. The molecule has 0 amide bonds. The van der Waals surface area contributed by atoms with Crippen molar-refractivity contribution < 1.29 is 14.4 Å². The molecular weight excluding hydrogens is 248 g/mol. The fourth-order valence-electron chi connectivity index (χ4n) is 1.89. The lowest BCUT2D eigenvalue weighted by Gasteiger charge is -2.11. The van der Waals surface area contributed by atoms with Crippen LogP contribution in [0.15, 0.2) is 30.3 Å². The highest BCUT2D eigenvalue weighted by atomic mass is 32.1. The first-order chi connectivity index (χ1) is 8.52.